The van der Waals surface area contributed by atoms with E-state index >= 15 is 0 Å². The van der Waals surface area contributed by atoms with Crippen molar-refractivity contribution in [2.75, 3.05) is 19.7 Å². The Hall–Kier alpha value is -0.800. The molecule has 1 N–H and O–H groups in total. The molecule has 1 fully saturated rings. The fourth-order valence-corrected chi connectivity index (χ4v) is 2.73. The van der Waals surface area contributed by atoms with Gasteiger partial charge in [-0.25, -0.2) is 4.39 Å². The van der Waals surface area contributed by atoms with Gasteiger partial charge in [0, 0.05) is 11.0 Å². The van der Waals surface area contributed by atoms with Crippen LogP contribution in [0.15, 0.2) is 18.2 Å². The van der Waals surface area contributed by atoms with Gasteiger partial charge in [-0.15, -0.1) is 12.4 Å². The van der Waals surface area contributed by atoms with Crippen molar-refractivity contribution in [1.82, 2.24) is 5.32 Å². The topological polar surface area (TPSA) is 21.3 Å². The van der Waals surface area contributed by atoms with E-state index in [-0.39, 0.29) is 23.6 Å². The number of nitrogens with one attached hydrogen (secondary N) is 1. The van der Waals surface area contributed by atoms with Crippen molar-refractivity contribution in [1.29, 1.82) is 0 Å². The van der Waals surface area contributed by atoms with Crippen LogP contribution in [0.5, 0.6) is 5.75 Å². The van der Waals surface area contributed by atoms with Gasteiger partial charge in [0.1, 0.15) is 11.6 Å². The van der Waals surface area contributed by atoms with Crippen molar-refractivity contribution in [3.63, 3.8) is 0 Å². The van der Waals surface area contributed by atoms with Gasteiger partial charge in [-0.1, -0.05) is 6.07 Å². The van der Waals surface area contributed by atoms with E-state index in [0.29, 0.717) is 6.61 Å². The summed E-state index contributed by atoms with van der Waals surface area (Å²) >= 11 is 0. The minimum Gasteiger partial charge on any atom is -0.492 e. The number of rotatable bonds is 0. The van der Waals surface area contributed by atoms with E-state index in [1.54, 1.807) is 6.07 Å². The number of hydrogen-bond acceptors (Lipinski definition) is 2. The lowest BCUT2D eigenvalue weighted by Crippen LogP contribution is -2.41. The molecular formula is C12H15ClFNO. The van der Waals surface area contributed by atoms with Crippen LogP contribution in [0.3, 0.4) is 0 Å². The summed E-state index contributed by atoms with van der Waals surface area (Å²) < 4.78 is 19.4. The number of piperidine rings is 1. The van der Waals surface area contributed by atoms with E-state index in [4.69, 9.17) is 4.74 Å². The standard InChI is InChI=1S/C12H14FNO.ClH/c13-9-2-1-3-10-11(9)12(8-15-10)4-6-14-7-5-12;/h1-3,14H,4-8H2;1H. The van der Waals surface area contributed by atoms with E-state index in [1.807, 2.05) is 6.07 Å². The van der Waals surface area contributed by atoms with Crippen LogP contribution in [0.1, 0.15) is 18.4 Å². The molecule has 0 aliphatic carbocycles. The fraction of sp³-hybridized carbons (Fsp3) is 0.500. The lowest BCUT2D eigenvalue weighted by molar-refractivity contribution is 0.218. The molecule has 16 heavy (non-hydrogen) atoms. The minimum atomic E-state index is -0.105. The van der Waals surface area contributed by atoms with Crippen LogP contribution in [0.4, 0.5) is 4.39 Å². The molecule has 2 heterocycles. The molecule has 4 heteroatoms. The molecule has 0 amide bonds. The highest BCUT2D eigenvalue weighted by molar-refractivity contribution is 5.85. The van der Waals surface area contributed by atoms with Crippen LogP contribution in [0.25, 0.3) is 0 Å². The summed E-state index contributed by atoms with van der Waals surface area (Å²) in [4.78, 5) is 0. The average Bonchev–Trinajstić information content (AvgIpc) is 2.60. The Morgan fingerprint density at radius 3 is 2.75 bits per heavy atom. The molecule has 1 aromatic carbocycles. The molecule has 0 bridgehead atoms. The first-order valence-corrected chi connectivity index (χ1v) is 5.44. The highest BCUT2D eigenvalue weighted by Gasteiger charge is 2.43. The van der Waals surface area contributed by atoms with Crippen LogP contribution in [-0.4, -0.2) is 19.7 Å². The molecule has 0 unspecified atom stereocenters. The molecule has 1 aromatic rings. The number of halogens is 2. The lowest BCUT2D eigenvalue weighted by Gasteiger charge is -2.32. The van der Waals surface area contributed by atoms with Crippen molar-refractivity contribution < 1.29 is 9.13 Å². The molecule has 2 aliphatic rings. The van der Waals surface area contributed by atoms with Crippen LogP contribution < -0.4 is 10.1 Å². The quantitative estimate of drug-likeness (QED) is 0.755. The van der Waals surface area contributed by atoms with Crippen molar-refractivity contribution in [2.45, 2.75) is 18.3 Å². The van der Waals surface area contributed by atoms with Crippen molar-refractivity contribution in [3.05, 3.63) is 29.6 Å². The van der Waals surface area contributed by atoms with E-state index in [2.05, 4.69) is 5.32 Å². The first kappa shape index (κ1) is 11.7. The Kier molecular flexibility index (Phi) is 3.08. The Morgan fingerprint density at radius 2 is 2.00 bits per heavy atom. The van der Waals surface area contributed by atoms with Crippen LogP contribution in [0, 0.1) is 5.82 Å². The summed E-state index contributed by atoms with van der Waals surface area (Å²) in [5.41, 5.74) is 0.748. The van der Waals surface area contributed by atoms with Crippen molar-refractivity contribution in [2.24, 2.45) is 0 Å². The molecule has 88 valence electrons. The fourth-order valence-electron chi connectivity index (χ4n) is 2.73. The largest absolute Gasteiger partial charge is 0.492 e. The summed E-state index contributed by atoms with van der Waals surface area (Å²) in [6.45, 7) is 2.55. The summed E-state index contributed by atoms with van der Waals surface area (Å²) in [6.07, 6.45) is 1.95. The maximum absolute atomic E-state index is 13.8. The van der Waals surface area contributed by atoms with Gasteiger partial charge in [0.05, 0.1) is 6.61 Å². The highest BCUT2D eigenvalue weighted by Crippen LogP contribution is 2.45. The second kappa shape index (κ2) is 4.22. The van der Waals surface area contributed by atoms with Gasteiger partial charge in [-0.05, 0) is 38.1 Å². The number of hydrogen-bond donors (Lipinski definition) is 1. The predicted octanol–water partition coefficient (Wildman–Crippen LogP) is 2.26. The van der Waals surface area contributed by atoms with E-state index in [0.717, 1.165) is 37.2 Å². The zero-order valence-corrected chi connectivity index (χ0v) is 9.78. The molecule has 0 saturated carbocycles. The van der Waals surface area contributed by atoms with E-state index < -0.39 is 0 Å². The Morgan fingerprint density at radius 1 is 1.25 bits per heavy atom. The second-order valence-electron chi connectivity index (χ2n) is 4.43. The van der Waals surface area contributed by atoms with Crippen molar-refractivity contribution in [3.8, 4) is 5.75 Å². The normalized spacial score (nSPS) is 21.1. The second-order valence-corrected chi connectivity index (χ2v) is 4.43. The smallest absolute Gasteiger partial charge is 0.130 e. The monoisotopic (exact) mass is 243 g/mol. The Bertz CT molecular complexity index is 385. The van der Waals surface area contributed by atoms with Gasteiger partial charge in [-0.2, -0.15) is 0 Å². The van der Waals surface area contributed by atoms with Gasteiger partial charge in [0.2, 0.25) is 0 Å². The third-order valence-corrected chi connectivity index (χ3v) is 3.57. The third-order valence-electron chi connectivity index (χ3n) is 3.57. The van der Waals surface area contributed by atoms with Crippen LogP contribution >= 0.6 is 12.4 Å². The molecule has 1 saturated heterocycles. The Labute approximate surface area is 101 Å². The maximum Gasteiger partial charge on any atom is 0.130 e. The van der Waals surface area contributed by atoms with Crippen LogP contribution in [0.2, 0.25) is 0 Å². The number of fused-ring (bicyclic) bond motifs is 2. The summed E-state index contributed by atoms with van der Waals surface area (Å²) in [7, 11) is 0. The first-order valence-electron chi connectivity index (χ1n) is 5.44. The summed E-state index contributed by atoms with van der Waals surface area (Å²) in [6, 6.07) is 5.13. The lowest BCUT2D eigenvalue weighted by atomic mass is 9.75. The molecule has 1 spiro atoms. The average molecular weight is 244 g/mol. The molecule has 2 aliphatic heterocycles. The zero-order valence-electron chi connectivity index (χ0n) is 8.96. The van der Waals surface area contributed by atoms with E-state index in [1.165, 1.54) is 6.07 Å². The minimum absolute atomic E-state index is 0. The van der Waals surface area contributed by atoms with Crippen LogP contribution in [-0.2, 0) is 5.41 Å². The summed E-state index contributed by atoms with van der Waals surface area (Å²) in [5, 5.41) is 3.31. The highest BCUT2D eigenvalue weighted by atomic mass is 35.5. The van der Waals surface area contributed by atoms with Gasteiger partial charge in [0.25, 0.3) is 0 Å². The van der Waals surface area contributed by atoms with E-state index in [9.17, 15) is 4.39 Å². The molecule has 0 radical (unpaired) electrons. The molecule has 0 aromatic heterocycles. The van der Waals surface area contributed by atoms with Gasteiger partial charge < -0.3 is 10.1 Å². The first-order chi connectivity index (χ1) is 7.32. The Balaban J connectivity index is 0.000000963. The number of benzene rings is 1. The van der Waals surface area contributed by atoms with Crippen molar-refractivity contribution >= 4 is 12.4 Å². The predicted molar refractivity (Wildman–Crippen MR) is 62.9 cm³/mol. The molecule has 0 atom stereocenters. The summed E-state index contributed by atoms with van der Waals surface area (Å²) in [5.74, 6) is 0.642. The molecule has 3 rings (SSSR count). The third kappa shape index (κ3) is 1.59. The zero-order chi connectivity index (χ0) is 10.3. The van der Waals surface area contributed by atoms with Gasteiger partial charge in [-0.3, -0.25) is 0 Å². The molecular weight excluding hydrogens is 229 g/mol. The molecule has 2 nitrogen and oxygen atoms in total. The van der Waals surface area contributed by atoms with Gasteiger partial charge >= 0.3 is 0 Å². The van der Waals surface area contributed by atoms with Gasteiger partial charge in [0.15, 0.2) is 0 Å². The number of ether oxygens (including phenoxy) is 1. The SMILES string of the molecule is Cl.Fc1cccc2c1C1(CCNCC1)CO2. The maximum atomic E-state index is 13.8.